The molecule has 0 aromatic rings. The Morgan fingerprint density at radius 2 is 1.96 bits per heavy atom. The molecule has 1 aliphatic heterocycles. The summed E-state index contributed by atoms with van der Waals surface area (Å²) in [4.78, 5) is 13.8. The molecule has 0 N–H and O–H groups in total. The van der Waals surface area contributed by atoms with Crippen LogP contribution in [0.2, 0.25) is 0 Å². The molecule has 1 aliphatic carbocycles. The first-order valence-corrected chi connectivity index (χ1v) is 9.93. The highest BCUT2D eigenvalue weighted by molar-refractivity contribution is 7.89. The van der Waals surface area contributed by atoms with Gasteiger partial charge in [-0.25, -0.2) is 17.1 Å². The normalized spacial score (nSPS) is 23.9. The van der Waals surface area contributed by atoms with Gasteiger partial charge in [-0.3, -0.25) is 4.79 Å². The molecular weight excluding hydrogens is 359 g/mol. The van der Waals surface area contributed by atoms with Crippen molar-refractivity contribution < 1.29 is 22.3 Å². The molecule has 0 saturated carbocycles. The number of ether oxygens (including phenoxy) is 1. The molecule has 2 aliphatic rings. The van der Waals surface area contributed by atoms with Gasteiger partial charge in [-0.1, -0.05) is 11.6 Å². The van der Waals surface area contributed by atoms with Crippen LogP contribution in [0.4, 0.5) is 4.39 Å². The molecule has 0 spiro atoms. The summed E-state index contributed by atoms with van der Waals surface area (Å²) >= 11 is 5.78. The first kappa shape index (κ1) is 19.6. The number of hydrogen-bond donors (Lipinski definition) is 0. The van der Waals surface area contributed by atoms with Gasteiger partial charge in [-0.15, -0.1) is 0 Å². The summed E-state index contributed by atoms with van der Waals surface area (Å²) in [6.45, 7) is 0.724. The van der Waals surface area contributed by atoms with E-state index in [1.54, 1.807) is 4.90 Å². The highest BCUT2D eigenvalue weighted by atomic mass is 35.5. The first-order chi connectivity index (χ1) is 11.2. The van der Waals surface area contributed by atoms with Gasteiger partial charge >= 0.3 is 0 Å². The molecule has 6 nitrogen and oxygen atoms in total. The summed E-state index contributed by atoms with van der Waals surface area (Å²) in [5.41, 5.74) is 0. The van der Waals surface area contributed by atoms with Crippen molar-refractivity contribution >= 4 is 27.5 Å². The van der Waals surface area contributed by atoms with Crippen molar-refractivity contribution in [3.8, 4) is 0 Å². The van der Waals surface area contributed by atoms with Crippen molar-refractivity contribution in [2.75, 3.05) is 33.8 Å². The number of hydrogen-bond acceptors (Lipinski definition) is 4. The standard InChI is InChI=1S/C15H24ClFN2O4S/c1-18(2)24(21,22)12-5-7-19(8-6-12)15(20)10-23-11-3-4-14(17)13(16)9-11/h11-12H,3-10H2,1-2H3. The maximum absolute atomic E-state index is 13.2. The molecule has 9 heteroatoms. The second-order valence-corrected chi connectivity index (χ2v) is 9.28. The number of likely N-dealkylation sites (tertiary alicyclic amines) is 1. The van der Waals surface area contributed by atoms with Crippen molar-refractivity contribution in [3.05, 3.63) is 10.9 Å². The van der Waals surface area contributed by atoms with Gasteiger partial charge in [0, 0.05) is 40.0 Å². The number of nitrogens with zero attached hydrogens (tertiary/aromatic N) is 2. The van der Waals surface area contributed by atoms with Gasteiger partial charge < -0.3 is 9.64 Å². The topological polar surface area (TPSA) is 66.9 Å². The SMILES string of the molecule is CN(C)S(=O)(=O)C1CCN(C(=O)COC2CCC(F)=C(Cl)C2)CC1. The fourth-order valence-electron chi connectivity index (χ4n) is 2.96. The number of rotatable bonds is 5. The van der Waals surface area contributed by atoms with Gasteiger partial charge in [-0.2, -0.15) is 0 Å². The third kappa shape index (κ3) is 4.68. The third-order valence-electron chi connectivity index (χ3n) is 4.55. The minimum absolute atomic E-state index is 0.0818. The molecule has 1 fully saturated rings. The molecule has 2 rings (SSSR count). The monoisotopic (exact) mass is 382 g/mol. The number of piperidine rings is 1. The van der Waals surface area contributed by atoms with Gasteiger partial charge in [0.15, 0.2) is 0 Å². The van der Waals surface area contributed by atoms with E-state index < -0.39 is 15.3 Å². The van der Waals surface area contributed by atoms with Crippen molar-refractivity contribution in [1.82, 2.24) is 9.21 Å². The van der Waals surface area contributed by atoms with Crippen LogP contribution in [0.15, 0.2) is 10.9 Å². The van der Waals surface area contributed by atoms with Crippen LogP contribution in [0.1, 0.15) is 32.1 Å². The lowest BCUT2D eigenvalue weighted by molar-refractivity contribution is -0.139. The summed E-state index contributed by atoms with van der Waals surface area (Å²) in [6.07, 6.45) is 1.66. The zero-order valence-electron chi connectivity index (χ0n) is 14.0. The summed E-state index contributed by atoms with van der Waals surface area (Å²) in [5, 5.41) is -0.267. The number of amides is 1. The lowest BCUT2D eigenvalue weighted by Crippen LogP contribution is -2.46. The Morgan fingerprint density at radius 1 is 1.33 bits per heavy atom. The highest BCUT2D eigenvalue weighted by Gasteiger charge is 2.33. The Bertz CT molecular complexity index is 601. The van der Waals surface area contributed by atoms with Crippen LogP contribution in [0.3, 0.4) is 0 Å². The van der Waals surface area contributed by atoms with Gasteiger partial charge in [0.2, 0.25) is 15.9 Å². The molecular formula is C15H24ClFN2O4S. The molecule has 0 radical (unpaired) electrons. The van der Waals surface area contributed by atoms with Crippen LogP contribution in [0.5, 0.6) is 0 Å². The smallest absolute Gasteiger partial charge is 0.248 e. The molecule has 1 heterocycles. The van der Waals surface area contributed by atoms with E-state index in [1.807, 2.05) is 0 Å². The number of sulfonamides is 1. The van der Waals surface area contributed by atoms with Crippen molar-refractivity contribution in [1.29, 1.82) is 0 Å². The lowest BCUT2D eigenvalue weighted by atomic mass is 10.0. The molecule has 1 unspecified atom stereocenters. The lowest BCUT2D eigenvalue weighted by Gasteiger charge is -2.33. The van der Waals surface area contributed by atoms with E-state index in [0.717, 1.165) is 0 Å². The predicted octanol–water partition coefficient (Wildman–Crippen LogP) is 1.86. The molecule has 1 amide bonds. The molecule has 1 saturated heterocycles. The first-order valence-electron chi connectivity index (χ1n) is 8.05. The van der Waals surface area contributed by atoms with Gasteiger partial charge in [-0.05, 0) is 19.3 Å². The fraction of sp³-hybridized carbons (Fsp3) is 0.800. The molecule has 138 valence electrons. The maximum Gasteiger partial charge on any atom is 0.248 e. The number of carbonyl (C=O) groups excluding carboxylic acids is 1. The predicted molar refractivity (Wildman–Crippen MR) is 89.8 cm³/mol. The minimum Gasteiger partial charge on any atom is -0.368 e. The summed E-state index contributed by atoms with van der Waals surface area (Å²) in [6, 6.07) is 0. The van der Waals surface area contributed by atoms with Crippen LogP contribution in [0, 0.1) is 0 Å². The highest BCUT2D eigenvalue weighted by Crippen LogP contribution is 2.30. The average molecular weight is 383 g/mol. The van der Waals surface area contributed by atoms with E-state index in [2.05, 4.69) is 0 Å². The van der Waals surface area contributed by atoms with Crippen molar-refractivity contribution in [3.63, 3.8) is 0 Å². The quantitative estimate of drug-likeness (QED) is 0.727. The van der Waals surface area contributed by atoms with E-state index in [1.165, 1.54) is 18.4 Å². The van der Waals surface area contributed by atoms with Gasteiger partial charge in [0.05, 0.1) is 16.4 Å². The Labute approximate surface area is 147 Å². The molecule has 24 heavy (non-hydrogen) atoms. The largest absolute Gasteiger partial charge is 0.368 e. The molecule has 1 atom stereocenters. The second-order valence-electron chi connectivity index (χ2n) is 6.39. The second kappa shape index (κ2) is 8.12. The van der Waals surface area contributed by atoms with Gasteiger partial charge in [0.1, 0.15) is 12.4 Å². The zero-order valence-corrected chi connectivity index (χ0v) is 15.6. The Hall–Kier alpha value is -0.700. The molecule has 0 aromatic heterocycles. The van der Waals surface area contributed by atoms with Crippen LogP contribution >= 0.6 is 11.6 Å². The maximum atomic E-state index is 13.2. The Kier molecular flexibility index (Phi) is 6.64. The van der Waals surface area contributed by atoms with Crippen LogP contribution in [-0.4, -0.2) is 68.7 Å². The number of halogens is 2. The summed E-state index contributed by atoms with van der Waals surface area (Å²) < 4.78 is 44.2. The molecule has 0 bridgehead atoms. The zero-order chi connectivity index (χ0) is 17.9. The van der Waals surface area contributed by atoms with E-state index >= 15 is 0 Å². The van der Waals surface area contributed by atoms with Crippen LogP contribution in [-0.2, 0) is 19.6 Å². The van der Waals surface area contributed by atoms with E-state index in [0.29, 0.717) is 38.8 Å². The Balaban J connectivity index is 1.77. The van der Waals surface area contributed by atoms with E-state index in [9.17, 15) is 17.6 Å². The summed E-state index contributed by atoms with van der Waals surface area (Å²) in [5.74, 6) is -0.464. The van der Waals surface area contributed by atoms with Crippen LogP contribution < -0.4 is 0 Å². The van der Waals surface area contributed by atoms with E-state index in [-0.39, 0.29) is 35.9 Å². The molecule has 0 aromatic carbocycles. The van der Waals surface area contributed by atoms with E-state index in [4.69, 9.17) is 16.3 Å². The number of carbonyl (C=O) groups is 1. The third-order valence-corrected chi connectivity index (χ3v) is 7.25. The Morgan fingerprint density at radius 3 is 2.50 bits per heavy atom. The average Bonchev–Trinajstić information content (AvgIpc) is 2.55. The van der Waals surface area contributed by atoms with Crippen LogP contribution in [0.25, 0.3) is 0 Å². The van der Waals surface area contributed by atoms with Crippen molar-refractivity contribution in [2.45, 2.75) is 43.5 Å². The van der Waals surface area contributed by atoms with Gasteiger partial charge in [0.25, 0.3) is 0 Å². The minimum atomic E-state index is -3.28. The summed E-state index contributed by atoms with van der Waals surface area (Å²) in [7, 11) is -0.239. The number of allylic oxidation sites excluding steroid dienone is 1. The fourth-order valence-corrected chi connectivity index (χ4v) is 4.63. The van der Waals surface area contributed by atoms with Crippen molar-refractivity contribution in [2.24, 2.45) is 0 Å².